The Morgan fingerprint density at radius 3 is 1.53 bits per heavy atom. The normalized spacial score (nSPS) is 42.3. The molecule has 23 heteroatoms. The summed E-state index contributed by atoms with van der Waals surface area (Å²) in [6.07, 6.45) is -11.0. The van der Waals surface area contributed by atoms with Crippen LogP contribution in [0.4, 0.5) is 0 Å². The summed E-state index contributed by atoms with van der Waals surface area (Å²) in [5, 5.41) is 81.1. The van der Waals surface area contributed by atoms with Crippen molar-refractivity contribution in [3.8, 4) is 17.2 Å². The molecule has 6 saturated heterocycles. The average molecular weight is 1170 g/mol. The minimum atomic E-state index is -1.88. The lowest BCUT2D eigenvalue weighted by Gasteiger charge is -2.50. The maximum absolute atomic E-state index is 14.5. The van der Waals surface area contributed by atoms with Crippen molar-refractivity contribution in [2.75, 3.05) is 28.2 Å². The van der Waals surface area contributed by atoms with Crippen LogP contribution in [0.15, 0.2) is 18.2 Å². The van der Waals surface area contributed by atoms with Crippen LogP contribution in [0.1, 0.15) is 174 Å². The lowest BCUT2D eigenvalue weighted by Crippen LogP contribution is -2.58. The summed E-state index contributed by atoms with van der Waals surface area (Å²) in [6, 6.07) is 3.28. The number of carbonyl (C=O) groups excluding carboxylic acids is 2. The summed E-state index contributed by atoms with van der Waals surface area (Å²) in [4.78, 5) is 33.0. The SMILES string of the molecule is CC[C@@]1(O)C[C@H](OC2CC(N(C)C)C(OC3CC(O)C(OC4CCC(O)C(C)O4)C(C)O3)C(C)O2)c2c(O)c3c(c(O)c2[C@H]1OC1CC(N(C)C)C(OC2CCC(OC4CCC(O)C(C)O4)C(C)O2)C(C)O1)C(=O)c1cccc(O)c1C3=O. The summed E-state index contributed by atoms with van der Waals surface area (Å²) in [5.74, 6) is -3.62. The van der Waals surface area contributed by atoms with E-state index >= 15 is 0 Å². The van der Waals surface area contributed by atoms with Crippen molar-refractivity contribution < 1.29 is 102 Å². The minimum absolute atomic E-state index is 0.0182. The Labute approximate surface area is 485 Å². The van der Waals surface area contributed by atoms with Gasteiger partial charge in [-0.25, -0.2) is 0 Å². The molecule has 0 saturated carbocycles. The van der Waals surface area contributed by atoms with Crippen LogP contribution in [-0.2, 0) is 56.8 Å². The molecule has 10 rings (SSSR count). The molecule has 6 heterocycles. The highest BCUT2D eigenvalue weighted by Gasteiger charge is 2.55. The molecule has 0 radical (unpaired) electrons. The fraction of sp³-hybridized carbons (Fsp3) is 0.767. The van der Waals surface area contributed by atoms with Crippen molar-refractivity contribution in [2.24, 2.45) is 0 Å². The van der Waals surface area contributed by atoms with E-state index in [1.165, 1.54) is 18.2 Å². The molecular formula is C60H88N2O21. The molecule has 83 heavy (non-hydrogen) atoms. The number of carbonyl (C=O) groups is 2. The minimum Gasteiger partial charge on any atom is -0.507 e. The molecular weight excluding hydrogens is 1080 g/mol. The van der Waals surface area contributed by atoms with Crippen LogP contribution in [-0.4, -0.2) is 220 Å². The Kier molecular flexibility index (Phi) is 19.0. The Morgan fingerprint density at radius 2 is 0.988 bits per heavy atom. The lowest BCUT2D eigenvalue weighted by atomic mass is 9.70. The molecule has 6 fully saturated rings. The first-order valence-corrected chi connectivity index (χ1v) is 29.8. The van der Waals surface area contributed by atoms with Crippen LogP contribution in [0.3, 0.4) is 0 Å². The fourth-order valence-corrected chi connectivity index (χ4v) is 13.7. The number of aromatic hydroxyl groups is 3. The smallest absolute Gasteiger partial charge is 0.202 e. The van der Waals surface area contributed by atoms with Gasteiger partial charge in [-0.2, -0.15) is 0 Å². The van der Waals surface area contributed by atoms with Crippen molar-refractivity contribution in [1.82, 2.24) is 9.80 Å². The quantitative estimate of drug-likeness (QED) is 0.101. The van der Waals surface area contributed by atoms with Gasteiger partial charge >= 0.3 is 0 Å². The molecule has 0 amide bonds. The highest BCUT2D eigenvalue weighted by atomic mass is 16.8. The number of aliphatic hydroxyl groups excluding tert-OH is 3. The molecule has 0 spiro atoms. The summed E-state index contributed by atoms with van der Waals surface area (Å²) >= 11 is 0. The molecule has 24 atom stereocenters. The number of ketones is 2. The van der Waals surface area contributed by atoms with E-state index in [0.29, 0.717) is 38.5 Å². The number of aliphatic hydroxyl groups is 4. The second kappa shape index (κ2) is 25.3. The van der Waals surface area contributed by atoms with Crippen molar-refractivity contribution in [1.29, 1.82) is 0 Å². The van der Waals surface area contributed by atoms with Gasteiger partial charge in [-0.1, -0.05) is 19.1 Å². The molecule has 464 valence electrons. The Bertz CT molecular complexity index is 2610. The third kappa shape index (κ3) is 12.5. The van der Waals surface area contributed by atoms with Gasteiger partial charge in [0.15, 0.2) is 43.5 Å². The van der Waals surface area contributed by atoms with Crippen molar-refractivity contribution in [3.63, 3.8) is 0 Å². The van der Waals surface area contributed by atoms with Crippen molar-refractivity contribution in [3.05, 3.63) is 51.6 Å². The molecule has 0 bridgehead atoms. The summed E-state index contributed by atoms with van der Waals surface area (Å²) in [6.45, 7) is 12.7. The third-order valence-electron chi connectivity index (χ3n) is 18.6. The highest BCUT2D eigenvalue weighted by Crippen LogP contribution is 2.58. The van der Waals surface area contributed by atoms with Crippen LogP contribution in [0.25, 0.3) is 0 Å². The van der Waals surface area contributed by atoms with E-state index in [0.717, 1.165) is 0 Å². The molecule has 21 unspecified atom stereocenters. The molecule has 0 aromatic heterocycles. The number of ether oxygens (including phenoxy) is 12. The fourth-order valence-electron chi connectivity index (χ4n) is 13.7. The average Bonchev–Trinajstić information content (AvgIpc) is 0.798. The number of rotatable bonds is 15. The molecule has 2 aromatic carbocycles. The van der Waals surface area contributed by atoms with Crippen LogP contribution < -0.4 is 0 Å². The van der Waals surface area contributed by atoms with Crippen molar-refractivity contribution in [2.45, 2.75) is 266 Å². The first kappa shape index (κ1) is 62.5. The van der Waals surface area contributed by atoms with Crippen LogP contribution in [0.2, 0.25) is 0 Å². The first-order valence-electron chi connectivity index (χ1n) is 29.8. The zero-order valence-corrected chi connectivity index (χ0v) is 49.5. The maximum atomic E-state index is 14.5. The summed E-state index contributed by atoms with van der Waals surface area (Å²) in [7, 11) is 7.57. The zero-order chi connectivity index (χ0) is 59.7. The molecule has 2 aliphatic carbocycles. The monoisotopic (exact) mass is 1170 g/mol. The predicted molar refractivity (Wildman–Crippen MR) is 292 cm³/mol. The van der Waals surface area contributed by atoms with Gasteiger partial charge in [-0.15, -0.1) is 0 Å². The number of phenols is 3. The first-order chi connectivity index (χ1) is 39.4. The standard InChI is InChI=1S/C60H88N2O21/c1-12-60(71)25-40(79-44-22-33(61(8)9)57(30(6)75-44)82-46-24-38(66)58(31(7)77-46)81-42-20-17-36(64)27(3)73-42)48-51(55(70)49-50(54(48)69)53(68)47-32(52(49)67)14-13-15-37(47)65)59(60)83-45-23-34(62(10)11)56(29(5)76-45)80-43-21-18-39(28(4)74-43)78-41-19-16-35(63)26(2)72-41/h13-15,26-31,33-36,38-46,56-59,63-66,69-71H,12,16-25H2,1-11H3/t26?,27?,28?,29?,30?,31?,33?,34?,35?,36?,38?,39?,40-,41?,42?,43?,44?,45?,46?,56?,57?,58?,59+,60+/m0/s1. The van der Waals surface area contributed by atoms with E-state index in [-0.39, 0.29) is 78.7 Å². The molecule has 2 aromatic rings. The number of phenolic OH excluding ortho intramolecular Hbond substituents is 3. The van der Waals surface area contributed by atoms with E-state index in [1.54, 1.807) is 20.8 Å². The molecule has 7 N–H and O–H groups in total. The van der Waals surface area contributed by atoms with E-state index in [1.807, 2.05) is 65.7 Å². The van der Waals surface area contributed by atoms with E-state index in [9.17, 15) is 45.3 Å². The van der Waals surface area contributed by atoms with Crippen LogP contribution >= 0.6 is 0 Å². The Morgan fingerprint density at radius 1 is 0.518 bits per heavy atom. The van der Waals surface area contributed by atoms with E-state index in [4.69, 9.17) is 56.8 Å². The second-order valence-corrected chi connectivity index (χ2v) is 24.7. The topological polar surface area (TPSA) is 293 Å². The molecule has 23 nitrogen and oxygen atoms in total. The van der Waals surface area contributed by atoms with Crippen LogP contribution in [0.5, 0.6) is 17.2 Å². The highest BCUT2D eigenvalue weighted by molar-refractivity contribution is 6.31. The van der Waals surface area contributed by atoms with Gasteiger partial charge in [0, 0.05) is 73.7 Å². The summed E-state index contributed by atoms with van der Waals surface area (Å²) in [5.41, 5.74) is -3.72. The number of likely N-dealkylation sites (N-methyl/N-ethyl adjacent to an activating group) is 2. The number of fused-ring (bicyclic) bond motifs is 3. The third-order valence-corrected chi connectivity index (χ3v) is 18.6. The van der Waals surface area contributed by atoms with Crippen molar-refractivity contribution >= 4 is 11.6 Å². The van der Waals surface area contributed by atoms with E-state index in [2.05, 4.69) is 0 Å². The Hall–Kier alpha value is -3.54. The van der Waals surface area contributed by atoms with Gasteiger partial charge in [-0.05, 0) is 101 Å². The molecule has 8 aliphatic rings. The molecule has 6 aliphatic heterocycles. The number of benzene rings is 2. The largest absolute Gasteiger partial charge is 0.507 e. The van der Waals surface area contributed by atoms with Gasteiger partial charge < -0.3 is 102 Å². The van der Waals surface area contributed by atoms with Gasteiger partial charge in [0.2, 0.25) is 5.78 Å². The second-order valence-electron chi connectivity index (χ2n) is 24.7. The maximum Gasteiger partial charge on any atom is 0.202 e. The zero-order valence-electron chi connectivity index (χ0n) is 49.5. The Balaban J connectivity index is 0.890. The summed E-state index contributed by atoms with van der Waals surface area (Å²) < 4.78 is 77.3. The van der Waals surface area contributed by atoms with E-state index < -0.39 is 163 Å². The number of hydrogen-bond donors (Lipinski definition) is 7. The van der Waals surface area contributed by atoms with Gasteiger partial charge in [-0.3, -0.25) is 9.59 Å². The number of hydrogen-bond acceptors (Lipinski definition) is 23. The van der Waals surface area contributed by atoms with Gasteiger partial charge in [0.1, 0.15) is 41.7 Å². The number of nitrogens with zero attached hydrogens (tertiary/aromatic N) is 2. The van der Waals surface area contributed by atoms with Gasteiger partial charge in [0.25, 0.3) is 0 Å². The lowest BCUT2D eigenvalue weighted by molar-refractivity contribution is -0.330. The van der Waals surface area contributed by atoms with Gasteiger partial charge in [0.05, 0.1) is 89.4 Å². The predicted octanol–water partition coefficient (Wildman–Crippen LogP) is 4.70. The van der Waals surface area contributed by atoms with Crippen LogP contribution in [0, 0.1) is 0 Å².